The Morgan fingerprint density at radius 1 is 1.24 bits per heavy atom. The quantitative estimate of drug-likeness (QED) is 0.609. The Hall–Kier alpha value is -1.89. The minimum atomic E-state index is -0.0998. The number of aryl methyl sites for hydroxylation is 2. The zero-order valence-corrected chi connectivity index (χ0v) is 16.1. The molecule has 0 aliphatic rings. The summed E-state index contributed by atoms with van der Waals surface area (Å²) in [5, 5.41) is 3.47. The fraction of sp³-hybridized carbons (Fsp3) is 0.167. The van der Waals surface area contributed by atoms with Crippen LogP contribution in [0.5, 0.6) is 0 Å². The number of thioether (sulfide) groups is 1. The van der Waals surface area contributed by atoms with Crippen LogP contribution in [0, 0.1) is 13.8 Å². The van der Waals surface area contributed by atoms with E-state index in [1.807, 2.05) is 50.2 Å². The molecular formula is C18H16ClN3OS2. The third-order valence-electron chi connectivity index (χ3n) is 3.47. The summed E-state index contributed by atoms with van der Waals surface area (Å²) in [7, 11) is 0. The van der Waals surface area contributed by atoms with Crippen LogP contribution in [-0.2, 0) is 4.79 Å². The summed E-state index contributed by atoms with van der Waals surface area (Å²) < 4.78 is 5.14. The minimum Gasteiger partial charge on any atom is -0.325 e. The van der Waals surface area contributed by atoms with Crippen molar-refractivity contribution in [1.82, 2.24) is 9.36 Å². The topological polar surface area (TPSA) is 54.9 Å². The molecule has 0 unspecified atom stereocenters. The van der Waals surface area contributed by atoms with Gasteiger partial charge >= 0.3 is 0 Å². The van der Waals surface area contributed by atoms with E-state index in [0.29, 0.717) is 16.5 Å². The Kier molecular flexibility index (Phi) is 5.73. The number of anilines is 1. The average Bonchev–Trinajstić information content (AvgIpc) is 3.05. The van der Waals surface area contributed by atoms with Crippen molar-refractivity contribution in [3.63, 3.8) is 0 Å². The van der Waals surface area contributed by atoms with E-state index in [4.69, 9.17) is 11.6 Å². The van der Waals surface area contributed by atoms with Crippen molar-refractivity contribution in [3.05, 3.63) is 58.6 Å². The fourth-order valence-corrected chi connectivity index (χ4v) is 3.76. The summed E-state index contributed by atoms with van der Waals surface area (Å²) in [4.78, 5) is 16.6. The largest absolute Gasteiger partial charge is 0.325 e. The van der Waals surface area contributed by atoms with Crippen LogP contribution in [0.1, 0.15) is 11.1 Å². The Morgan fingerprint density at radius 2 is 2.08 bits per heavy atom. The lowest BCUT2D eigenvalue weighted by Crippen LogP contribution is -2.13. The molecule has 1 N–H and O–H groups in total. The minimum absolute atomic E-state index is 0.0998. The Morgan fingerprint density at radius 3 is 2.84 bits per heavy atom. The molecule has 128 valence electrons. The van der Waals surface area contributed by atoms with Crippen molar-refractivity contribution in [2.45, 2.75) is 18.2 Å². The standard InChI is InChI=1S/C18H16ClN3OS2/c1-11-4-3-5-13(8-11)17-21-18(25-22-17)24-10-16(23)20-14-7-6-12(2)15(19)9-14/h3-9H,10H2,1-2H3,(H,20,23). The molecule has 0 bridgehead atoms. The van der Waals surface area contributed by atoms with E-state index in [2.05, 4.69) is 14.7 Å². The monoisotopic (exact) mass is 389 g/mol. The number of benzene rings is 2. The second-order valence-corrected chi connectivity index (χ2v) is 7.94. The van der Waals surface area contributed by atoms with Crippen LogP contribution in [0.4, 0.5) is 5.69 Å². The summed E-state index contributed by atoms with van der Waals surface area (Å²) in [6, 6.07) is 13.5. The number of nitrogens with zero attached hydrogens (tertiary/aromatic N) is 2. The SMILES string of the molecule is Cc1cccc(-c2nsc(SCC(=O)Nc3ccc(C)c(Cl)c3)n2)c1. The highest BCUT2D eigenvalue weighted by atomic mass is 35.5. The first-order valence-electron chi connectivity index (χ1n) is 7.61. The third kappa shape index (κ3) is 4.81. The van der Waals surface area contributed by atoms with Gasteiger partial charge in [-0.1, -0.05) is 53.2 Å². The van der Waals surface area contributed by atoms with Gasteiger partial charge in [-0.25, -0.2) is 4.98 Å². The predicted molar refractivity (Wildman–Crippen MR) is 106 cm³/mol. The molecule has 0 fully saturated rings. The average molecular weight is 390 g/mol. The molecule has 3 rings (SSSR count). The molecule has 2 aromatic carbocycles. The van der Waals surface area contributed by atoms with Crippen LogP contribution in [0.15, 0.2) is 46.8 Å². The van der Waals surface area contributed by atoms with E-state index < -0.39 is 0 Å². The predicted octanol–water partition coefficient (Wildman–Crippen LogP) is 5.21. The number of halogens is 1. The van der Waals surface area contributed by atoms with Crippen molar-refractivity contribution >= 4 is 46.5 Å². The van der Waals surface area contributed by atoms with Crippen molar-refractivity contribution in [3.8, 4) is 11.4 Å². The molecule has 0 saturated carbocycles. The van der Waals surface area contributed by atoms with Gasteiger partial charge in [-0.15, -0.1) is 0 Å². The van der Waals surface area contributed by atoms with Crippen LogP contribution in [0.25, 0.3) is 11.4 Å². The van der Waals surface area contributed by atoms with Crippen molar-refractivity contribution in [2.24, 2.45) is 0 Å². The number of rotatable bonds is 5. The van der Waals surface area contributed by atoms with Gasteiger partial charge in [-0.2, -0.15) is 4.37 Å². The molecule has 1 heterocycles. The summed E-state index contributed by atoms with van der Waals surface area (Å²) in [6.07, 6.45) is 0. The lowest BCUT2D eigenvalue weighted by atomic mass is 10.1. The molecule has 3 aromatic rings. The number of nitrogens with one attached hydrogen (secondary N) is 1. The lowest BCUT2D eigenvalue weighted by Gasteiger charge is -2.06. The molecule has 1 aromatic heterocycles. The van der Waals surface area contributed by atoms with Gasteiger partial charge in [-0.3, -0.25) is 4.79 Å². The number of carbonyl (C=O) groups is 1. The maximum atomic E-state index is 12.1. The van der Waals surface area contributed by atoms with Gasteiger partial charge in [-0.05, 0) is 49.1 Å². The van der Waals surface area contributed by atoms with Gasteiger partial charge in [0.05, 0.1) is 5.75 Å². The van der Waals surface area contributed by atoms with Crippen LogP contribution >= 0.6 is 34.9 Å². The van der Waals surface area contributed by atoms with E-state index in [9.17, 15) is 4.79 Å². The number of hydrogen-bond acceptors (Lipinski definition) is 5. The first-order valence-corrected chi connectivity index (χ1v) is 9.74. The highest BCUT2D eigenvalue weighted by Gasteiger charge is 2.10. The highest BCUT2D eigenvalue weighted by Crippen LogP contribution is 2.26. The molecule has 4 nitrogen and oxygen atoms in total. The maximum absolute atomic E-state index is 12.1. The Balaban J connectivity index is 1.58. The van der Waals surface area contributed by atoms with Crippen molar-refractivity contribution < 1.29 is 4.79 Å². The van der Waals surface area contributed by atoms with Gasteiger partial charge in [0.2, 0.25) is 5.91 Å². The zero-order valence-electron chi connectivity index (χ0n) is 13.7. The molecule has 0 atom stereocenters. The van der Waals surface area contributed by atoms with E-state index in [1.54, 1.807) is 6.07 Å². The van der Waals surface area contributed by atoms with Gasteiger partial charge in [0.1, 0.15) is 0 Å². The van der Waals surface area contributed by atoms with Crippen LogP contribution in [0.2, 0.25) is 5.02 Å². The number of carbonyl (C=O) groups excluding carboxylic acids is 1. The van der Waals surface area contributed by atoms with Crippen LogP contribution < -0.4 is 5.32 Å². The van der Waals surface area contributed by atoms with E-state index >= 15 is 0 Å². The van der Waals surface area contributed by atoms with Gasteiger partial charge in [0, 0.05) is 16.3 Å². The fourth-order valence-electron chi connectivity index (χ4n) is 2.16. The molecular weight excluding hydrogens is 374 g/mol. The van der Waals surface area contributed by atoms with Crippen molar-refractivity contribution in [2.75, 3.05) is 11.1 Å². The van der Waals surface area contributed by atoms with E-state index in [0.717, 1.165) is 21.0 Å². The zero-order chi connectivity index (χ0) is 17.8. The molecule has 7 heteroatoms. The second kappa shape index (κ2) is 7.99. The van der Waals surface area contributed by atoms with E-state index in [-0.39, 0.29) is 11.7 Å². The first kappa shape index (κ1) is 17.9. The molecule has 0 spiro atoms. The lowest BCUT2D eigenvalue weighted by molar-refractivity contribution is -0.113. The summed E-state index contributed by atoms with van der Waals surface area (Å²) >= 11 is 8.75. The number of amides is 1. The van der Waals surface area contributed by atoms with Crippen LogP contribution in [0.3, 0.4) is 0 Å². The van der Waals surface area contributed by atoms with Crippen LogP contribution in [-0.4, -0.2) is 21.0 Å². The summed E-state index contributed by atoms with van der Waals surface area (Å²) in [6.45, 7) is 3.96. The molecule has 25 heavy (non-hydrogen) atoms. The van der Waals surface area contributed by atoms with Gasteiger partial charge < -0.3 is 5.32 Å². The smallest absolute Gasteiger partial charge is 0.234 e. The Bertz CT molecular complexity index is 911. The Labute approximate surface area is 159 Å². The van der Waals surface area contributed by atoms with Crippen molar-refractivity contribution in [1.29, 1.82) is 0 Å². The number of hydrogen-bond donors (Lipinski definition) is 1. The normalized spacial score (nSPS) is 10.7. The molecule has 0 radical (unpaired) electrons. The van der Waals surface area contributed by atoms with Gasteiger partial charge in [0.15, 0.2) is 10.2 Å². The maximum Gasteiger partial charge on any atom is 0.234 e. The molecule has 0 aliphatic heterocycles. The molecule has 0 saturated heterocycles. The van der Waals surface area contributed by atoms with Gasteiger partial charge in [0.25, 0.3) is 0 Å². The molecule has 0 aliphatic carbocycles. The molecule has 1 amide bonds. The third-order valence-corrected chi connectivity index (χ3v) is 5.71. The highest BCUT2D eigenvalue weighted by molar-refractivity contribution is 8.01. The first-order chi connectivity index (χ1) is 12.0. The summed E-state index contributed by atoms with van der Waals surface area (Å²) in [5.41, 5.74) is 3.82. The second-order valence-electron chi connectivity index (χ2n) is 5.55. The summed E-state index contributed by atoms with van der Waals surface area (Å²) in [5.74, 6) is 0.868. The number of aromatic nitrogens is 2. The van der Waals surface area contributed by atoms with E-state index in [1.165, 1.54) is 23.3 Å².